The molecule has 2 fully saturated rings. The summed E-state index contributed by atoms with van der Waals surface area (Å²) in [7, 11) is -3.99. The molecule has 3 aromatic carbocycles. The lowest BCUT2D eigenvalue weighted by Gasteiger charge is -2.36. The van der Waals surface area contributed by atoms with E-state index in [1.165, 1.54) is 26.2 Å². The molecule has 2 atom stereocenters. The van der Waals surface area contributed by atoms with Gasteiger partial charge in [0.15, 0.2) is 0 Å². The first kappa shape index (κ1) is 36.2. The van der Waals surface area contributed by atoms with Crippen molar-refractivity contribution in [2.45, 2.75) is 43.2 Å². The largest absolute Gasteiger partial charge is 0.493 e. The van der Waals surface area contributed by atoms with Crippen LogP contribution in [-0.2, 0) is 14.8 Å². The number of carbonyl (C=O) groups is 2. The smallest absolute Gasteiger partial charge is 0.326 e. The molecular formula is C33H35Cl4N5O5S. The Kier molecular flexibility index (Phi) is 11.5. The van der Waals surface area contributed by atoms with Crippen LogP contribution in [0.1, 0.15) is 55.0 Å². The molecule has 0 saturated carbocycles. The molecule has 256 valence electrons. The summed E-state index contributed by atoms with van der Waals surface area (Å²) in [6, 6.07) is 15.5. The molecule has 0 aromatic heterocycles. The number of sulfonamides is 1. The Morgan fingerprint density at radius 1 is 0.938 bits per heavy atom. The Morgan fingerprint density at radius 2 is 1.56 bits per heavy atom. The van der Waals surface area contributed by atoms with Crippen LogP contribution in [0.25, 0.3) is 0 Å². The molecule has 3 aliphatic heterocycles. The molecule has 0 aliphatic carbocycles. The number of halogens is 4. The second kappa shape index (κ2) is 15.2. The van der Waals surface area contributed by atoms with Crippen molar-refractivity contribution in [2.24, 2.45) is 4.99 Å². The molecule has 1 N–H and O–H groups in total. The van der Waals surface area contributed by atoms with E-state index in [0.29, 0.717) is 29.7 Å². The highest BCUT2D eigenvalue weighted by Crippen LogP contribution is 2.46. The number of ether oxygens (including phenoxy) is 1. The summed E-state index contributed by atoms with van der Waals surface area (Å²) >= 11 is 19.2. The van der Waals surface area contributed by atoms with Crippen LogP contribution in [-0.4, -0.2) is 79.6 Å². The number of rotatable bonds is 7. The summed E-state index contributed by atoms with van der Waals surface area (Å²) in [5.41, 5.74) is 1.79. The lowest BCUT2D eigenvalue weighted by Crippen LogP contribution is -2.55. The minimum atomic E-state index is -3.99. The van der Waals surface area contributed by atoms with Crippen molar-refractivity contribution in [3.63, 3.8) is 0 Å². The highest BCUT2D eigenvalue weighted by Gasteiger charge is 2.45. The average molecular weight is 756 g/mol. The fourth-order valence-electron chi connectivity index (χ4n) is 6.24. The minimum absolute atomic E-state index is 0. The average Bonchev–Trinajstić information content (AvgIpc) is 3.46. The Hall–Kier alpha value is -3.06. The van der Waals surface area contributed by atoms with Crippen molar-refractivity contribution in [3.8, 4) is 5.75 Å². The number of benzene rings is 3. The highest BCUT2D eigenvalue weighted by molar-refractivity contribution is 7.89. The van der Waals surface area contributed by atoms with Crippen LogP contribution in [0.4, 0.5) is 4.79 Å². The van der Waals surface area contributed by atoms with Crippen LogP contribution < -0.4 is 10.1 Å². The maximum absolute atomic E-state index is 14.6. The third kappa shape index (κ3) is 7.27. The SMILES string of the molecule is CCOc1cc(Cl)c(S(=O)(=O)N2CCCCC2)cc1C1=N[C@@H](c2ccc(Cl)cc2)[C@@H](c2ccc(Cl)cc2)N1C(=O)N1CCNC(=O)C1.Cl. The molecule has 48 heavy (non-hydrogen) atoms. The number of nitrogens with one attached hydrogen (secondary N) is 1. The molecule has 3 aromatic rings. The van der Waals surface area contributed by atoms with Gasteiger partial charge >= 0.3 is 6.03 Å². The zero-order chi connectivity index (χ0) is 33.3. The summed E-state index contributed by atoms with van der Waals surface area (Å²) in [5.74, 6) is 0.182. The van der Waals surface area contributed by atoms with Crippen molar-refractivity contribution >= 4 is 75.0 Å². The van der Waals surface area contributed by atoms with E-state index in [1.54, 1.807) is 31.2 Å². The fourth-order valence-corrected chi connectivity index (χ4v) is 8.52. The van der Waals surface area contributed by atoms with Crippen LogP contribution in [0.2, 0.25) is 15.1 Å². The maximum Gasteiger partial charge on any atom is 0.326 e. The van der Waals surface area contributed by atoms with Crippen LogP contribution in [0.5, 0.6) is 5.75 Å². The summed E-state index contributed by atoms with van der Waals surface area (Å²) in [5, 5.41) is 3.83. The molecule has 2 saturated heterocycles. The van der Waals surface area contributed by atoms with E-state index in [-0.39, 0.29) is 65.1 Å². The molecule has 0 bridgehead atoms. The standard InChI is InChI=1S/C33H34Cl3N5O5S.ClH/c1-2-46-27-19-26(36)28(47(44,45)40-15-4-3-5-16-40)18-25(27)32-38-30(21-6-10-23(34)11-7-21)31(22-8-12-24(35)13-9-22)41(32)33(43)39-17-14-37-29(42)20-39;/h6-13,18-19,30-31H,2-5,14-17,20H2,1H3,(H,37,42);1H/t30-,31+;/m0./s1. The van der Waals surface area contributed by atoms with E-state index >= 15 is 0 Å². The van der Waals surface area contributed by atoms with Gasteiger partial charge in [0.2, 0.25) is 15.9 Å². The van der Waals surface area contributed by atoms with Crippen molar-refractivity contribution < 1.29 is 22.7 Å². The number of hydrogen-bond acceptors (Lipinski definition) is 6. The lowest BCUT2D eigenvalue weighted by atomic mass is 9.93. The van der Waals surface area contributed by atoms with Gasteiger partial charge in [-0.3, -0.25) is 14.7 Å². The van der Waals surface area contributed by atoms with E-state index in [1.807, 2.05) is 24.3 Å². The van der Waals surface area contributed by atoms with Crippen LogP contribution in [0, 0.1) is 0 Å². The number of amides is 3. The van der Waals surface area contributed by atoms with E-state index in [2.05, 4.69) is 5.32 Å². The molecule has 0 radical (unpaired) electrons. The first-order valence-electron chi connectivity index (χ1n) is 15.5. The van der Waals surface area contributed by atoms with E-state index in [0.717, 1.165) is 30.4 Å². The second-order valence-corrected chi connectivity index (χ2v) is 14.7. The van der Waals surface area contributed by atoms with Crippen molar-refractivity contribution in [2.75, 3.05) is 39.3 Å². The minimum Gasteiger partial charge on any atom is -0.493 e. The molecule has 0 unspecified atom stereocenters. The second-order valence-electron chi connectivity index (χ2n) is 11.5. The zero-order valence-electron chi connectivity index (χ0n) is 26.1. The number of hydrogen-bond donors (Lipinski definition) is 1. The quantitative estimate of drug-likeness (QED) is 0.288. The highest BCUT2D eigenvalue weighted by atomic mass is 35.5. The van der Waals surface area contributed by atoms with Gasteiger partial charge in [0, 0.05) is 42.3 Å². The number of carbonyl (C=O) groups excluding carboxylic acids is 2. The maximum atomic E-state index is 14.6. The van der Waals surface area contributed by atoms with Crippen molar-refractivity contribution in [3.05, 3.63) is 92.4 Å². The third-order valence-corrected chi connectivity index (χ3v) is 11.4. The van der Waals surface area contributed by atoms with Crippen LogP contribution in [0.3, 0.4) is 0 Å². The predicted molar refractivity (Wildman–Crippen MR) is 189 cm³/mol. The Labute approximate surface area is 301 Å². The van der Waals surface area contributed by atoms with E-state index in [4.69, 9.17) is 44.5 Å². The van der Waals surface area contributed by atoms with Gasteiger partial charge < -0.3 is 15.0 Å². The molecule has 15 heteroatoms. The fraction of sp³-hybridized carbons (Fsp3) is 0.364. The Balaban J connectivity index is 0.00000451. The van der Waals surface area contributed by atoms with Crippen LogP contribution >= 0.6 is 47.2 Å². The Bertz CT molecular complexity index is 1800. The molecule has 3 aliphatic rings. The monoisotopic (exact) mass is 753 g/mol. The topological polar surface area (TPSA) is 112 Å². The zero-order valence-corrected chi connectivity index (χ0v) is 30.0. The van der Waals surface area contributed by atoms with Crippen molar-refractivity contribution in [1.29, 1.82) is 0 Å². The van der Waals surface area contributed by atoms with Gasteiger partial charge in [-0.15, -0.1) is 12.4 Å². The normalized spacial score (nSPS) is 20.2. The molecule has 6 rings (SSSR count). The summed E-state index contributed by atoms with van der Waals surface area (Å²) in [6.07, 6.45) is 2.46. The molecular weight excluding hydrogens is 720 g/mol. The molecule has 3 amide bonds. The number of amidine groups is 1. The number of urea groups is 1. The number of nitrogens with zero attached hydrogens (tertiary/aromatic N) is 4. The van der Waals surface area contributed by atoms with E-state index < -0.39 is 28.1 Å². The first-order chi connectivity index (χ1) is 22.6. The molecule has 3 heterocycles. The molecule has 0 spiro atoms. The van der Waals surface area contributed by atoms with Gasteiger partial charge in [0.1, 0.15) is 29.1 Å². The van der Waals surface area contributed by atoms with Gasteiger partial charge in [-0.1, -0.05) is 65.5 Å². The van der Waals surface area contributed by atoms with Gasteiger partial charge in [0.25, 0.3) is 0 Å². The number of aliphatic imine (C=N–C) groups is 1. The first-order valence-corrected chi connectivity index (χ1v) is 18.1. The van der Waals surface area contributed by atoms with Crippen LogP contribution in [0.15, 0.2) is 70.6 Å². The summed E-state index contributed by atoms with van der Waals surface area (Å²) in [6.45, 7) is 3.25. The van der Waals surface area contributed by atoms with Gasteiger partial charge in [-0.25, -0.2) is 13.2 Å². The van der Waals surface area contributed by atoms with Crippen molar-refractivity contribution in [1.82, 2.24) is 19.4 Å². The summed E-state index contributed by atoms with van der Waals surface area (Å²) < 4.78 is 35.4. The Morgan fingerprint density at radius 3 is 2.17 bits per heavy atom. The summed E-state index contributed by atoms with van der Waals surface area (Å²) in [4.78, 5) is 35.1. The molecule has 10 nitrogen and oxygen atoms in total. The lowest BCUT2D eigenvalue weighted by molar-refractivity contribution is -0.123. The van der Waals surface area contributed by atoms with E-state index in [9.17, 15) is 18.0 Å². The predicted octanol–water partition coefficient (Wildman–Crippen LogP) is 6.74. The van der Waals surface area contributed by atoms with Gasteiger partial charge in [-0.05, 0) is 61.2 Å². The third-order valence-electron chi connectivity index (χ3n) is 8.51. The number of piperazine rings is 1. The van der Waals surface area contributed by atoms with Gasteiger partial charge in [-0.2, -0.15) is 4.31 Å². The number of piperidine rings is 1. The van der Waals surface area contributed by atoms with Gasteiger partial charge in [0.05, 0.1) is 23.2 Å².